The fraction of sp³-hybridized carbons (Fsp3) is 0.0566. The van der Waals surface area contributed by atoms with Gasteiger partial charge in [0.15, 0.2) is 5.82 Å². The van der Waals surface area contributed by atoms with Crippen molar-refractivity contribution >= 4 is 42.3 Å². The lowest BCUT2D eigenvalue weighted by molar-refractivity contribution is 0.660. The molecule has 8 aromatic carbocycles. The van der Waals surface area contributed by atoms with E-state index in [1.54, 1.807) is 0 Å². The predicted molar refractivity (Wildman–Crippen MR) is 237 cm³/mol. The van der Waals surface area contributed by atoms with E-state index in [4.69, 9.17) is 9.97 Å². The summed E-state index contributed by atoms with van der Waals surface area (Å²) in [6.07, 6.45) is 0. The zero-order valence-corrected chi connectivity index (χ0v) is 31.9. The Balaban J connectivity index is 1.15. The van der Waals surface area contributed by atoms with Gasteiger partial charge in [-0.15, -0.1) is 11.3 Å². The predicted octanol–water partition coefficient (Wildman–Crippen LogP) is 14.6. The number of aromatic nitrogens is 2. The van der Waals surface area contributed by atoms with Gasteiger partial charge in [-0.05, 0) is 104 Å². The van der Waals surface area contributed by atoms with Gasteiger partial charge < -0.3 is 0 Å². The van der Waals surface area contributed by atoms with E-state index in [0.29, 0.717) is 5.82 Å². The second kappa shape index (κ2) is 12.7. The molecule has 1 aliphatic rings. The van der Waals surface area contributed by atoms with Crippen molar-refractivity contribution in [1.82, 2.24) is 9.97 Å². The summed E-state index contributed by atoms with van der Waals surface area (Å²) in [4.78, 5) is 10.8. The van der Waals surface area contributed by atoms with Crippen LogP contribution in [0.3, 0.4) is 0 Å². The summed E-state index contributed by atoms with van der Waals surface area (Å²) in [5.41, 5.74) is 14.8. The Morgan fingerprint density at radius 3 is 1.88 bits per heavy atom. The molecule has 0 saturated carbocycles. The molecule has 0 bridgehead atoms. The molecular weight excluding hydrogens is 697 g/mol. The van der Waals surface area contributed by atoms with Crippen molar-refractivity contribution in [3.05, 3.63) is 193 Å². The third-order valence-electron chi connectivity index (χ3n) is 11.7. The number of fused-ring (bicyclic) bond motifs is 7. The van der Waals surface area contributed by atoms with Crippen molar-refractivity contribution in [3.8, 4) is 67.3 Å². The molecule has 0 aliphatic heterocycles. The van der Waals surface area contributed by atoms with Gasteiger partial charge in [0.2, 0.25) is 0 Å². The lowest BCUT2D eigenvalue weighted by atomic mass is 9.82. The van der Waals surface area contributed by atoms with E-state index < -0.39 is 0 Å². The molecule has 0 radical (unpaired) electrons. The zero-order valence-electron chi connectivity index (χ0n) is 31.1. The first kappa shape index (κ1) is 32.7. The molecule has 11 rings (SSSR count). The number of rotatable bonds is 5. The molecule has 0 spiro atoms. The highest BCUT2D eigenvalue weighted by atomic mass is 32.1. The molecule has 0 unspecified atom stereocenters. The summed E-state index contributed by atoms with van der Waals surface area (Å²) in [5, 5.41) is 4.90. The van der Waals surface area contributed by atoms with Crippen molar-refractivity contribution in [3.63, 3.8) is 0 Å². The van der Waals surface area contributed by atoms with Gasteiger partial charge in [-0.3, -0.25) is 0 Å². The minimum Gasteiger partial charge on any atom is -0.228 e. The van der Waals surface area contributed by atoms with Gasteiger partial charge in [0.25, 0.3) is 0 Å². The summed E-state index contributed by atoms with van der Waals surface area (Å²) in [5.74, 6) is 0.716. The summed E-state index contributed by atoms with van der Waals surface area (Å²) in [7, 11) is 0. The average molecular weight is 733 g/mol. The summed E-state index contributed by atoms with van der Waals surface area (Å²) < 4.78 is 2.61. The van der Waals surface area contributed by atoms with Crippen LogP contribution in [0.25, 0.3) is 98.2 Å². The molecule has 3 heteroatoms. The van der Waals surface area contributed by atoms with Gasteiger partial charge in [-0.25, -0.2) is 9.97 Å². The second-order valence-corrected chi connectivity index (χ2v) is 16.5. The Bertz CT molecular complexity index is 3170. The van der Waals surface area contributed by atoms with E-state index in [2.05, 4.69) is 196 Å². The van der Waals surface area contributed by atoms with Crippen LogP contribution in [0.2, 0.25) is 0 Å². The Labute approximate surface area is 330 Å². The number of hydrogen-bond donors (Lipinski definition) is 0. The van der Waals surface area contributed by atoms with Crippen LogP contribution in [-0.2, 0) is 5.41 Å². The van der Waals surface area contributed by atoms with Crippen LogP contribution in [0.15, 0.2) is 182 Å². The van der Waals surface area contributed by atoms with E-state index in [1.807, 2.05) is 11.3 Å². The quantitative estimate of drug-likeness (QED) is 0.176. The van der Waals surface area contributed by atoms with Gasteiger partial charge >= 0.3 is 0 Å². The minimum atomic E-state index is -0.0675. The first-order valence-electron chi connectivity index (χ1n) is 19.2. The number of thiophene rings is 1. The van der Waals surface area contributed by atoms with Crippen LogP contribution in [0.5, 0.6) is 0 Å². The van der Waals surface area contributed by atoms with Gasteiger partial charge in [-0.1, -0.05) is 147 Å². The minimum absolute atomic E-state index is 0.0675. The van der Waals surface area contributed by atoms with E-state index in [0.717, 1.165) is 44.6 Å². The third kappa shape index (κ3) is 5.31. The number of nitrogens with zero attached hydrogens (tertiary/aromatic N) is 2. The third-order valence-corrected chi connectivity index (χ3v) is 12.8. The van der Waals surface area contributed by atoms with Crippen molar-refractivity contribution in [2.75, 3.05) is 0 Å². The Morgan fingerprint density at radius 1 is 0.375 bits per heavy atom. The van der Waals surface area contributed by atoms with Crippen LogP contribution in [0, 0.1) is 0 Å². The van der Waals surface area contributed by atoms with Gasteiger partial charge in [0.1, 0.15) is 0 Å². The summed E-state index contributed by atoms with van der Waals surface area (Å²) in [6, 6.07) is 66.1. The number of benzene rings is 8. The average Bonchev–Trinajstić information content (AvgIpc) is 3.74. The molecule has 0 fully saturated rings. The monoisotopic (exact) mass is 732 g/mol. The van der Waals surface area contributed by atoms with E-state index in [9.17, 15) is 0 Å². The highest BCUT2D eigenvalue weighted by molar-refractivity contribution is 7.25. The molecule has 2 nitrogen and oxygen atoms in total. The highest BCUT2D eigenvalue weighted by Gasteiger charge is 2.35. The topological polar surface area (TPSA) is 25.8 Å². The largest absolute Gasteiger partial charge is 0.228 e. The molecule has 0 N–H and O–H groups in total. The number of hydrogen-bond acceptors (Lipinski definition) is 3. The lowest BCUT2D eigenvalue weighted by Gasteiger charge is -2.21. The molecule has 264 valence electrons. The maximum Gasteiger partial charge on any atom is 0.161 e. The fourth-order valence-electron chi connectivity index (χ4n) is 8.81. The Hall–Kier alpha value is -6.68. The molecular formula is C53H36N2S. The maximum absolute atomic E-state index is 5.42. The van der Waals surface area contributed by atoms with Crippen LogP contribution < -0.4 is 0 Å². The van der Waals surface area contributed by atoms with Crippen molar-refractivity contribution in [1.29, 1.82) is 0 Å². The normalized spacial score (nSPS) is 13.0. The van der Waals surface area contributed by atoms with E-state index in [-0.39, 0.29) is 5.41 Å². The van der Waals surface area contributed by atoms with Gasteiger partial charge in [0, 0.05) is 42.3 Å². The standard InChI is InChI=1S/C53H36N2S/c1-53(2)46-21-10-8-18-41(46)44-31-36(23-25-47(44)53)48-32-49(55-52(54-48)43-20-12-16-34-15-6-7-17-40(34)43)39-28-37(33-13-4-3-5-14-33)27-38(29-39)35-24-26-51-45(30-35)42-19-9-11-22-50(42)56-51/h3-32H,1-2H3. The summed E-state index contributed by atoms with van der Waals surface area (Å²) >= 11 is 1.85. The Morgan fingerprint density at radius 2 is 1.00 bits per heavy atom. The lowest BCUT2D eigenvalue weighted by Crippen LogP contribution is -2.14. The van der Waals surface area contributed by atoms with Crippen molar-refractivity contribution in [2.45, 2.75) is 19.3 Å². The molecule has 2 aromatic heterocycles. The first-order chi connectivity index (χ1) is 27.5. The van der Waals surface area contributed by atoms with Crippen molar-refractivity contribution in [2.24, 2.45) is 0 Å². The van der Waals surface area contributed by atoms with Crippen LogP contribution >= 0.6 is 11.3 Å². The highest BCUT2D eigenvalue weighted by Crippen LogP contribution is 2.49. The van der Waals surface area contributed by atoms with E-state index >= 15 is 0 Å². The van der Waals surface area contributed by atoms with Crippen LogP contribution in [0.1, 0.15) is 25.0 Å². The van der Waals surface area contributed by atoms with Gasteiger partial charge in [-0.2, -0.15) is 0 Å². The van der Waals surface area contributed by atoms with Crippen LogP contribution in [-0.4, -0.2) is 9.97 Å². The molecule has 2 heterocycles. The zero-order chi connectivity index (χ0) is 37.4. The molecule has 56 heavy (non-hydrogen) atoms. The van der Waals surface area contributed by atoms with Crippen molar-refractivity contribution < 1.29 is 0 Å². The molecule has 10 aromatic rings. The molecule has 1 aliphatic carbocycles. The first-order valence-corrected chi connectivity index (χ1v) is 20.0. The van der Waals surface area contributed by atoms with Gasteiger partial charge in [0.05, 0.1) is 11.4 Å². The SMILES string of the molecule is CC1(C)c2ccccc2-c2cc(-c3cc(-c4cc(-c5ccccc5)cc(-c5ccc6sc7ccccc7c6c5)c4)nc(-c4cccc5ccccc45)n3)ccc21. The molecule has 0 amide bonds. The Kier molecular flexibility index (Phi) is 7.42. The smallest absolute Gasteiger partial charge is 0.161 e. The van der Waals surface area contributed by atoms with Crippen LogP contribution in [0.4, 0.5) is 0 Å². The molecule has 0 atom stereocenters. The summed E-state index contributed by atoms with van der Waals surface area (Å²) in [6.45, 7) is 4.66. The fourth-order valence-corrected chi connectivity index (χ4v) is 9.89. The second-order valence-electron chi connectivity index (χ2n) is 15.4. The maximum atomic E-state index is 5.42. The van der Waals surface area contributed by atoms with E-state index in [1.165, 1.54) is 58.9 Å². The molecule has 0 saturated heterocycles.